The summed E-state index contributed by atoms with van der Waals surface area (Å²) >= 11 is 1.54. The number of phenols is 1. The van der Waals surface area contributed by atoms with Crippen LogP contribution in [0, 0.1) is 13.8 Å². The van der Waals surface area contributed by atoms with E-state index in [0.717, 1.165) is 45.3 Å². The fourth-order valence-corrected chi connectivity index (χ4v) is 12.3. The van der Waals surface area contributed by atoms with Crippen molar-refractivity contribution in [1.29, 1.82) is 0 Å². The molecule has 13 nitrogen and oxygen atoms in total. The molecule has 0 amide bonds. The first-order chi connectivity index (χ1) is 27.1. The maximum absolute atomic E-state index is 14.8. The number of aromatic nitrogens is 1. The highest BCUT2D eigenvalue weighted by atomic mass is 32.2. The van der Waals surface area contributed by atoms with E-state index in [1.165, 1.54) is 0 Å². The van der Waals surface area contributed by atoms with E-state index in [0.29, 0.717) is 59.1 Å². The van der Waals surface area contributed by atoms with Crippen LogP contribution in [0.5, 0.6) is 28.7 Å². The lowest BCUT2D eigenvalue weighted by atomic mass is 9.73. The number of nitrogens with zero attached hydrogens (tertiary/aromatic N) is 2. The number of benzene rings is 3. The zero-order chi connectivity index (χ0) is 38.8. The molecule has 4 aromatic rings. The van der Waals surface area contributed by atoms with Gasteiger partial charge in [-0.15, -0.1) is 11.8 Å². The molecule has 14 heteroatoms. The number of phenolic OH excluding ortho intramolecular Hbond substituents is 1. The molecule has 0 radical (unpaired) electrons. The average molecular weight is 783 g/mol. The summed E-state index contributed by atoms with van der Waals surface area (Å²) in [4.78, 5) is 36.0. The van der Waals surface area contributed by atoms with Crippen LogP contribution in [0.25, 0.3) is 10.9 Å². The first-order valence-electron chi connectivity index (χ1n) is 19.5. The van der Waals surface area contributed by atoms with E-state index < -0.39 is 41.1 Å². The number of aliphatic hydroxyl groups excluding tert-OH is 1. The fourth-order valence-electron chi connectivity index (χ4n) is 10.6. The fraction of sp³-hybridized carbons (Fsp3) is 0.476. The maximum Gasteiger partial charge on any atom is 0.333 e. The molecular weight excluding hydrogens is 737 g/mol. The minimum Gasteiger partial charge on any atom is -0.507 e. The second-order valence-electron chi connectivity index (χ2n) is 15.9. The van der Waals surface area contributed by atoms with Crippen molar-refractivity contribution in [1.82, 2.24) is 20.1 Å². The number of aliphatic hydroxyl groups is 1. The van der Waals surface area contributed by atoms with E-state index in [9.17, 15) is 19.8 Å². The second kappa shape index (κ2) is 13.0. The highest BCUT2D eigenvalue weighted by molar-refractivity contribution is 7.99. The summed E-state index contributed by atoms with van der Waals surface area (Å²) in [7, 11) is 3.59. The molecule has 8 heterocycles. The van der Waals surface area contributed by atoms with Gasteiger partial charge < -0.3 is 38.9 Å². The normalized spacial score (nSPS) is 29.0. The average Bonchev–Trinajstić information content (AvgIpc) is 3.83. The summed E-state index contributed by atoms with van der Waals surface area (Å²) < 4.78 is 30.9. The van der Waals surface area contributed by atoms with Gasteiger partial charge in [0.15, 0.2) is 28.5 Å². The Hall–Kier alpha value is -4.47. The van der Waals surface area contributed by atoms with Crippen LogP contribution in [0.3, 0.4) is 0 Å². The molecule has 1 unspecified atom stereocenters. The van der Waals surface area contributed by atoms with Crippen LogP contribution in [0.1, 0.15) is 81.7 Å². The van der Waals surface area contributed by atoms with Crippen molar-refractivity contribution >= 4 is 34.6 Å². The molecule has 56 heavy (non-hydrogen) atoms. The zero-order valence-electron chi connectivity index (χ0n) is 32.1. The zero-order valence-corrected chi connectivity index (χ0v) is 32.9. The van der Waals surface area contributed by atoms with Crippen LogP contribution in [0.15, 0.2) is 30.3 Å². The van der Waals surface area contributed by atoms with Crippen molar-refractivity contribution in [3.63, 3.8) is 0 Å². The van der Waals surface area contributed by atoms with Gasteiger partial charge >= 0.3 is 11.9 Å². The van der Waals surface area contributed by atoms with Crippen molar-refractivity contribution in [3.05, 3.63) is 75.0 Å². The number of likely N-dealkylation sites (N-methyl/N-ethyl adjacent to an activating group) is 1. The van der Waals surface area contributed by atoms with E-state index in [4.69, 9.17) is 23.7 Å². The third-order valence-corrected chi connectivity index (χ3v) is 14.5. The lowest BCUT2D eigenvalue weighted by Crippen LogP contribution is -2.70. The molecule has 3 aromatic carbocycles. The Morgan fingerprint density at radius 3 is 2.71 bits per heavy atom. The van der Waals surface area contributed by atoms with E-state index in [1.807, 2.05) is 46.0 Å². The number of carbonyl (C=O) groups excluding carboxylic acids is 2. The number of carbonyl (C=O) groups is 2. The summed E-state index contributed by atoms with van der Waals surface area (Å²) in [5.41, 5.74) is 6.09. The van der Waals surface area contributed by atoms with Crippen molar-refractivity contribution in [2.24, 2.45) is 0 Å². The summed E-state index contributed by atoms with van der Waals surface area (Å²) in [6.07, 6.45) is 1.08. The summed E-state index contributed by atoms with van der Waals surface area (Å²) in [5, 5.41) is 29.1. The lowest BCUT2D eigenvalue weighted by Gasteiger charge is -2.62. The Bertz CT molecular complexity index is 2330. The third-order valence-electron chi connectivity index (χ3n) is 13.1. The van der Waals surface area contributed by atoms with Gasteiger partial charge in [0, 0.05) is 57.9 Å². The summed E-state index contributed by atoms with van der Waals surface area (Å²) in [6.45, 7) is 6.13. The molecule has 4 N–H and O–H groups in total. The van der Waals surface area contributed by atoms with Gasteiger partial charge in [-0.05, 0) is 62.9 Å². The van der Waals surface area contributed by atoms with Gasteiger partial charge in [-0.2, -0.15) is 0 Å². The van der Waals surface area contributed by atoms with Crippen molar-refractivity contribution < 1.29 is 43.5 Å². The Morgan fingerprint density at radius 2 is 1.91 bits per heavy atom. The van der Waals surface area contributed by atoms with Gasteiger partial charge in [0.05, 0.1) is 36.2 Å². The minimum atomic E-state index is -1.23. The topological polar surface area (TPSA) is 155 Å². The predicted molar refractivity (Wildman–Crippen MR) is 207 cm³/mol. The van der Waals surface area contributed by atoms with Crippen LogP contribution >= 0.6 is 11.8 Å². The molecule has 11 rings (SSSR count). The molecule has 0 saturated carbocycles. The number of aromatic amines is 1. The van der Waals surface area contributed by atoms with Gasteiger partial charge in [-0.3, -0.25) is 19.9 Å². The van der Waals surface area contributed by atoms with Crippen LogP contribution < -0.4 is 24.3 Å². The monoisotopic (exact) mass is 782 g/mol. The largest absolute Gasteiger partial charge is 0.507 e. The first-order valence-corrected chi connectivity index (χ1v) is 20.5. The van der Waals surface area contributed by atoms with Crippen LogP contribution in [0.2, 0.25) is 0 Å². The standard InChI is InChI=1S/C42H46N4O9S/c1-6-9-27(47)55-37-28-21(14-19(2)34(37)51-5)15-25-40(49)46-26-16-52-41(50)42(39-23(12-13-43-42)22-10-7-8-11-24(22)44-39)17-56-38(32(46)31(28)45(25)4)30-29(26)36-35(53-18-54-36)20(3)33(30)48/h7-8,10-11,14,25-26,31-32,38,40,43-44,48-49H,6,9,12-13,15-18H2,1-5H3/t25-,26-,31-,32?,38+,40-,42+/m0/s1. The molecule has 7 aliphatic rings. The van der Waals surface area contributed by atoms with Crippen molar-refractivity contribution in [3.8, 4) is 28.7 Å². The number of aryl methyl sites for hydroxylation is 1. The molecule has 0 aliphatic carbocycles. The number of fused-ring (bicyclic) bond motifs is 11. The number of rotatable bonds is 4. The molecular formula is C42H46N4O9S. The van der Waals surface area contributed by atoms with Gasteiger partial charge in [0.1, 0.15) is 18.6 Å². The van der Waals surface area contributed by atoms with E-state index in [1.54, 1.807) is 18.9 Å². The Morgan fingerprint density at radius 1 is 1.11 bits per heavy atom. The molecule has 4 bridgehead atoms. The number of hydrogen-bond donors (Lipinski definition) is 4. The molecule has 1 aromatic heterocycles. The third kappa shape index (κ3) is 4.82. The van der Waals surface area contributed by atoms with Gasteiger partial charge in [-0.1, -0.05) is 31.2 Å². The second-order valence-corrected chi connectivity index (χ2v) is 17.0. The number of esters is 2. The number of thioether (sulfide) groups is 1. The number of nitrogens with one attached hydrogen (secondary N) is 2. The number of para-hydroxylation sites is 1. The van der Waals surface area contributed by atoms with Gasteiger partial charge in [0.2, 0.25) is 6.79 Å². The van der Waals surface area contributed by atoms with E-state index >= 15 is 0 Å². The maximum atomic E-state index is 14.8. The molecule has 1 spiro atoms. The Labute approximate surface area is 328 Å². The lowest BCUT2D eigenvalue weighted by molar-refractivity contribution is -0.186. The molecule has 7 aliphatic heterocycles. The van der Waals surface area contributed by atoms with Crippen LogP contribution in [-0.2, 0) is 32.7 Å². The number of H-pyrrole nitrogens is 1. The van der Waals surface area contributed by atoms with E-state index in [2.05, 4.69) is 32.2 Å². The van der Waals surface area contributed by atoms with Gasteiger partial charge in [0.25, 0.3) is 0 Å². The van der Waals surface area contributed by atoms with Gasteiger partial charge in [-0.25, -0.2) is 4.79 Å². The van der Waals surface area contributed by atoms with Crippen LogP contribution in [-0.4, -0.2) is 95.1 Å². The first kappa shape index (κ1) is 35.9. The van der Waals surface area contributed by atoms with Crippen molar-refractivity contribution in [2.75, 3.05) is 39.9 Å². The smallest absolute Gasteiger partial charge is 0.333 e. The number of hydrogen-bond acceptors (Lipinski definition) is 13. The number of ether oxygens (including phenoxy) is 5. The number of piperazine rings is 1. The number of aromatic hydroxyl groups is 1. The Balaban J connectivity index is 1.21. The highest BCUT2D eigenvalue weighted by Crippen LogP contribution is 2.64. The SMILES string of the molecule is CCCC(=O)Oc1c(OC)c(C)cc2c1[C@H]1C3[C@@H]4SC[C@]5(NCCc6c5[nH]c5ccccc65)C(=O)OC[C@@H](c5c6c(c(C)c(O)c54)OCO6)N3[C@@H](O)[C@H](C2)N1C. The highest BCUT2D eigenvalue weighted by Gasteiger charge is 2.61. The van der Waals surface area contributed by atoms with E-state index in [-0.39, 0.29) is 43.3 Å². The van der Waals surface area contributed by atoms with Crippen molar-refractivity contribution in [2.45, 2.75) is 87.6 Å². The molecule has 294 valence electrons. The minimum absolute atomic E-state index is 0.0223. The quantitative estimate of drug-likeness (QED) is 0.163. The predicted octanol–water partition coefficient (Wildman–Crippen LogP) is 4.96. The molecule has 2 fully saturated rings. The summed E-state index contributed by atoms with van der Waals surface area (Å²) in [6, 6.07) is 8.12. The van der Waals surface area contributed by atoms with Crippen LogP contribution in [0.4, 0.5) is 0 Å². The summed E-state index contributed by atoms with van der Waals surface area (Å²) in [5.74, 6) is 1.39. The molecule has 2 saturated heterocycles. The Kier molecular flexibility index (Phi) is 8.36. The number of methoxy groups -OCH3 is 1. The molecule has 7 atom stereocenters.